The molecule has 0 aromatic heterocycles. The first-order chi connectivity index (χ1) is 13.1. The zero-order valence-corrected chi connectivity index (χ0v) is 19.2. The third-order valence-electron chi connectivity index (χ3n) is 9.58. The SMILES string of the molecule is CC.CCCC1CCC2C3CC=C4CC(OC)CCC4(C)C3CCC12CC. The third-order valence-corrected chi connectivity index (χ3v) is 9.58. The van der Waals surface area contributed by atoms with Crippen LogP contribution in [0.4, 0.5) is 0 Å². The molecule has 4 aliphatic rings. The molecule has 0 radical (unpaired) electrons. The minimum atomic E-state index is 0.481. The highest BCUT2D eigenvalue weighted by molar-refractivity contribution is 5.25. The van der Waals surface area contributed by atoms with E-state index >= 15 is 0 Å². The van der Waals surface area contributed by atoms with Crippen LogP contribution in [0.15, 0.2) is 11.6 Å². The fourth-order valence-corrected chi connectivity index (χ4v) is 8.26. The number of hydrogen-bond acceptors (Lipinski definition) is 1. The molecule has 3 saturated carbocycles. The van der Waals surface area contributed by atoms with E-state index in [0.717, 1.165) is 23.7 Å². The van der Waals surface area contributed by atoms with Crippen LogP contribution in [0.2, 0.25) is 0 Å². The highest BCUT2D eigenvalue weighted by Gasteiger charge is 2.59. The van der Waals surface area contributed by atoms with E-state index in [1.54, 1.807) is 5.57 Å². The standard InChI is InChI=1S/C24H40O.C2H6/c1-5-7-17-9-11-22-20-10-8-18-16-19(25-4)12-14-23(18,3)21(20)13-15-24(17,22)6-2;1-2/h8,17,19-22H,5-7,9-16H2,1-4H3;1-2H3. The highest BCUT2D eigenvalue weighted by atomic mass is 16.5. The van der Waals surface area contributed by atoms with Crippen LogP contribution in [-0.4, -0.2) is 13.2 Å². The van der Waals surface area contributed by atoms with Gasteiger partial charge in [0.25, 0.3) is 0 Å². The van der Waals surface area contributed by atoms with Gasteiger partial charge in [0.2, 0.25) is 0 Å². The molecule has 4 aliphatic carbocycles. The van der Waals surface area contributed by atoms with Gasteiger partial charge in [-0.05, 0) is 92.3 Å². The maximum absolute atomic E-state index is 5.72. The van der Waals surface area contributed by atoms with E-state index < -0.39 is 0 Å². The van der Waals surface area contributed by atoms with Crippen molar-refractivity contribution in [3.8, 4) is 0 Å². The minimum Gasteiger partial charge on any atom is -0.381 e. The molecule has 156 valence electrons. The van der Waals surface area contributed by atoms with E-state index in [-0.39, 0.29) is 0 Å². The number of rotatable bonds is 4. The number of fused-ring (bicyclic) bond motifs is 5. The maximum Gasteiger partial charge on any atom is 0.0608 e. The van der Waals surface area contributed by atoms with Gasteiger partial charge in [-0.2, -0.15) is 0 Å². The second kappa shape index (κ2) is 8.60. The van der Waals surface area contributed by atoms with Crippen LogP contribution in [0.5, 0.6) is 0 Å². The maximum atomic E-state index is 5.72. The molecule has 0 spiro atoms. The normalized spacial score (nSPS) is 45.7. The molecule has 0 saturated heterocycles. The number of allylic oxidation sites excluding steroid dienone is 1. The lowest BCUT2D eigenvalue weighted by Gasteiger charge is -2.59. The van der Waals surface area contributed by atoms with Crippen molar-refractivity contribution in [2.45, 2.75) is 111 Å². The molecule has 1 heteroatoms. The topological polar surface area (TPSA) is 9.23 Å². The average Bonchev–Trinajstić information content (AvgIpc) is 3.08. The molecule has 0 N–H and O–H groups in total. The lowest BCUT2D eigenvalue weighted by molar-refractivity contribution is -0.0637. The fraction of sp³-hybridized carbons (Fsp3) is 0.923. The van der Waals surface area contributed by atoms with Gasteiger partial charge >= 0.3 is 0 Å². The molecule has 0 amide bonds. The molecule has 7 unspecified atom stereocenters. The van der Waals surface area contributed by atoms with Crippen molar-refractivity contribution in [2.75, 3.05) is 7.11 Å². The number of methoxy groups -OCH3 is 1. The van der Waals surface area contributed by atoms with Crippen LogP contribution >= 0.6 is 0 Å². The Hall–Kier alpha value is -0.300. The van der Waals surface area contributed by atoms with Crippen molar-refractivity contribution in [2.24, 2.45) is 34.5 Å². The monoisotopic (exact) mass is 374 g/mol. The fourth-order valence-electron chi connectivity index (χ4n) is 8.26. The largest absolute Gasteiger partial charge is 0.381 e. The van der Waals surface area contributed by atoms with Gasteiger partial charge in [0.05, 0.1) is 6.10 Å². The molecular weight excluding hydrogens is 328 g/mol. The van der Waals surface area contributed by atoms with Crippen LogP contribution < -0.4 is 0 Å². The zero-order valence-electron chi connectivity index (χ0n) is 19.2. The van der Waals surface area contributed by atoms with Gasteiger partial charge in [-0.1, -0.05) is 59.1 Å². The minimum absolute atomic E-state index is 0.481. The summed E-state index contributed by atoms with van der Waals surface area (Å²) >= 11 is 0. The molecule has 0 aliphatic heterocycles. The van der Waals surface area contributed by atoms with E-state index in [0.29, 0.717) is 16.9 Å². The van der Waals surface area contributed by atoms with Crippen LogP contribution in [0.25, 0.3) is 0 Å². The summed E-state index contributed by atoms with van der Waals surface area (Å²) in [5.41, 5.74) is 2.95. The third kappa shape index (κ3) is 3.34. The Kier molecular flexibility index (Phi) is 6.82. The molecule has 27 heavy (non-hydrogen) atoms. The van der Waals surface area contributed by atoms with E-state index in [1.807, 2.05) is 21.0 Å². The molecule has 0 aromatic carbocycles. The quantitative estimate of drug-likeness (QED) is 0.456. The Morgan fingerprint density at radius 2 is 1.81 bits per heavy atom. The summed E-state index contributed by atoms with van der Waals surface area (Å²) in [6.07, 6.45) is 18.8. The van der Waals surface area contributed by atoms with Crippen LogP contribution in [0.3, 0.4) is 0 Å². The van der Waals surface area contributed by atoms with E-state index in [2.05, 4.69) is 26.8 Å². The summed E-state index contributed by atoms with van der Waals surface area (Å²) in [7, 11) is 1.90. The summed E-state index contributed by atoms with van der Waals surface area (Å²) < 4.78 is 5.72. The second-order valence-corrected chi connectivity index (χ2v) is 10.0. The van der Waals surface area contributed by atoms with Crippen LogP contribution in [0.1, 0.15) is 105 Å². The lowest BCUT2D eigenvalue weighted by Crippen LogP contribution is -2.51. The van der Waals surface area contributed by atoms with Crippen LogP contribution in [0, 0.1) is 34.5 Å². The van der Waals surface area contributed by atoms with E-state index in [9.17, 15) is 0 Å². The van der Waals surface area contributed by atoms with Crippen molar-refractivity contribution in [3.05, 3.63) is 11.6 Å². The zero-order chi connectivity index (χ0) is 19.7. The molecule has 0 heterocycles. The molecule has 0 aromatic rings. The van der Waals surface area contributed by atoms with Gasteiger partial charge in [-0.3, -0.25) is 0 Å². The number of hydrogen-bond donors (Lipinski definition) is 0. The predicted molar refractivity (Wildman–Crippen MR) is 117 cm³/mol. The highest BCUT2D eigenvalue weighted by Crippen LogP contribution is 2.67. The molecule has 1 nitrogen and oxygen atoms in total. The summed E-state index contributed by atoms with van der Waals surface area (Å²) in [6, 6.07) is 0. The van der Waals surface area contributed by atoms with Crippen molar-refractivity contribution in [1.29, 1.82) is 0 Å². The smallest absolute Gasteiger partial charge is 0.0608 e. The first-order valence-electron chi connectivity index (χ1n) is 12.3. The van der Waals surface area contributed by atoms with Crippen molar-refractivity contribution < 1.29 is 4.74 Å². The van der Waals surface area contributed by atoms with Crippen molar-refractivity contribution in [3.63, 3.8) is 0 Å². The summed E-state index contributed by atoms with van der Waals surface area (Å²) in [5.74, 6) is 3.97. The van der Waals surface area contributed by atoms with Gasteiger partial charge < -0.3 is 4.74 Å². The average molecular weight is 375 g/mol. The summed E-state index contributed by atoms with van der Waals surface area (Å²) in [5, 5.41) is 0. The first-order valence-corrected chi connectivity index (χ1v) is 12.3. The Labute approximate surface area is 169 Å². The Morgan fingerprint density at radius 1 is 1.04 bits per heavy atom. The predicted octanol–water partition coefficient (Wildman–Crippen LogP) is 7.80. The molecular formula is C26H46O. The lowest BCUT2D eigenvalue weighted by atomic mass is 9.46. The summed E-state index contributed by atoms with van der Waals surface area (Å²) in [6.45, 7) is 11.5. The Balaban J connectivity index is 0.00000102. The van der Waals surface area contributed by atoms with Gasteiger partial charge in [0.15, 0.2) is 0 Å². The molecule has 4 rings (SSSR count). The number of ether oxygens (including phenoxy) is 1. The van der Waals surface area contributed by atoms with E-state index in [1.165, 1.54) is 70.6 Å². The van der Waals surface area contributed by atoms with E-state index in [4.69, 9.17) is 4.74 Å². The first kappa shape index (κ1) is 21.4. The second-order valence-electron chi connectivity index (χ2n) is 10.0. The van der Waals surface area contributed by atoms with Crippen molar-refractivity contribution in [1.82, 2.24) is 0 Å². The van der Waals surface area contributed by atoms with Gasteiger partial charge in [0, 0.05) is 7.11 Å². The molecule has 0 bridgehead atoms. The van der Waals surface area contributed by atoms with Crippen molar-refractivity contribution >= 4 is 0 Å². The Bertz CT molecular complexity index is 522. The van der Waals surface area contributed by atoms with Gasteiger partial charge in [-0.25, -0.2) is 0 Å². The Morgan fingerprint density at radius 3 is 2.48 bits per heavy atom. The molecule has 7 atom stereocenters. The van der Waals surface area contributed by atoms with Crippen LogP contribution in [-0.2, 0) is 4.74 Å². The summed E-state index contributed by atoms with van der Waals surface area (Å²) in [4.78, 5) is 0. The molecule has 3 fully saturated rings. The van der Waals surface area contributed by atoms with Gasteiger partial charge in [-0.15, -0.1) is 0 Å². The van der Waals surface area contributed by atoms with Gasteiger partial charge in [0.1, 0.15) is 0 Å².